The van der Waals surface area contributed by atoms with Crippen LogP contribution in [0.15, 0.2) is 29.6 Å². The maximum Gasteiger partial charge on any atom is 0.389 e. The van der Waals surface area contributed by atoms with Crippen LogP contribution in [0.1, 0.15) is 23.8 Å². The summed E-state index contributed by atoms with van der Waals surface area (Å²) in [7, 11) is 0. The summed E-state index contributed by atoms with van der Waals surface area (Å²) in [6.45, 7) is 0. The molecule has 2 aromatic rings. The van der Waals surface area contributed by atoms with Gasteiger partial charge in [-0.15, -0.1) is 22.9 Å². The summed E-state index contributed by atoms with van der Waals surface area (Å²) in [6.07, 6.45) is -5.06. The van der Waals surface area contributed by atoms with E-state index in [1.807, 2.05) is 29.6 Å². The van der Waals surface area contributed by atoms with E-state index in [1.54, 1.807) is 0 Å². The molecule has 1 atom stereocenters. The third-order valence-corrected chi connectivity index (χ3v) is 3.96. The number of benzene rings is 1. The second-order valence-corrected chi connectivity index (χ2v) is 5.25. The summed E-state index contributed by atoms with van der Waals surface area (Å²) in [5, 5.41) is 2.23. The number of fused-ring (bicyclic) bond motifs is 1. The van der Waals surface area contributed by atoms with Crippen molar-refractivity contribution >= 4 is 33.0 Å². The molecule has 0 aliphatic carbocycles. The zero-order valence-electron chi connectivity index (χ0n) is 8.80. The van der Waals surface area contributed by atoms with Gasteiger partial charge in [-0.1, -0.05) is 18.2 Å². The smallest absolute Gasteiger partial charge is 0.171 e. The minimum Gasteiger partial charge on any atom is -0.171 e. The van der Waals surface area contributed by atoms with E-state index in [4.69, 9.17) is 11.6 Å². The maximum absolute atomic E-state index is 12.1. The van der Waals surface area contributed by atoms with Crippen molar-refractivity contribution in [2.24, 2.45) is 0 Å². The molecule has 0 spiro atoms. The number of hydrogen-bond acceptors (Lipinski definition) is 1. The van der Waals surface area contributed by atoms with Crippen molar-refractivity contribution in [1.29, 1.82) is 0 Å². The van der Waals surface area contributed by atoms with E-state index < -0.39 is 18.0 Å². The summed E-state index contributed by atoms with van der Waals surface area (Å²) in [5.41, 5.74) is 0.802. The Labute approximate surface area is 106 Å². The quantitative estimate of drug-likeness (QED) is 0.648. The van der Waals surface area contributed by atoms with E-state index in [1.165, 1.54) is 11.3 Å². The molecule has 1 aromatic carbocycles. The number of halogens is 4. The predicted molar refractivity (Wildman–Crippen MR) is 65.7 cm³/mol. The largest absolute Gasteiger partial charge is 0.389 e. The van der Waals surface area contributed by atoms with E-state index >= 15 is 0 Å². The summed E-state index contributed by atoms with van der Waals surface area (Å²) >= 11 is 7.55. The molecule has 0 aliphatic rings. The van der Waals surface area contributed by atoms with E-state index in [-0.39, 0.29) is 6.42 Å². The zero-order chi connectivity index (χ0) is 12.5. The molecule has 1 heterocycles. The lowest BCUT2D eigenvalue weighted by molar-refractivity contribution is -0.135. The van der Waals surface area contributed by atoms with Crippen LogP contribution in [0, 0.1) is 0 Å². The molecule has 0 N–H and O–H groups in total. The molecule has 0 amide bonds. The van der Waals surface area contributed by atoms with E-state index in [0.717, 1.165) is 15.6 Å². The standard InChI is InChI=1S/C12H10ClF3S/c13-10(5-6-12(14,15)16)9-7-17-11-4-2-1-3-8(9)11/h1-4,7,10H,5-6H2. The molecule has 1 unspecified atom stereocenters. The second-order valence-electron chi connectivity index (χ2n) is 3.81. The third-order valence-electron chi connectivity index (χ3n) is 2.53. The van der Waals surface area contributed by atoms with Gasteiger partial charge in [-0.3, -0.25) is 0 Å². The second kappa shape index (κ2) is 4.86. The number of thiophene rings is 1. The molecule has 5 heteroatoms. The first kappa shape index (κ1) is 12.7. The van der Waals surface area contributed by atoms with Gasteiger partial charge >= 0.3 is 6.18 Å². The molecule has 0 saturated heterocycles. The highest BCUT2D eigenvalue weighted by atomic mass is 35.5. The first-order valence-electron chi connectivity index (χ1n) is 5.14. The normalized spacial score (nSPS) is 14.1. The fourth-order valence-electron chi connectivity index (χ4n) is 1.69. The first-order valence-corrected chi connectivity index (χ1v) is 6.46. The molecule has 2 rings (SSSR count). The molecule has 0 radical (unpaired) electrons. The Kier molecular flexibility index (Phi) is 3.64. The van der Waals surface area contributed by atoms with E-state index in [2.05, 4.69) is 0 Å². The van der Waals surface area contributed by atoms with Gasteiger partial charge in [0.25, 0.3) is 0 Å². The summed E-state index contributed by atoms with van der Waals surface area (Å²) in [5.74, 6) is 0. The first-order chi connectivity index (χ1) is 7.97. The Morgan fingerprint density at radius 3 is 2.65 bits per heavy atom. The van der Waals surface area contributed by atoms with Crippen LogP contribution in [0.5, 0.6) is 0 Å². The van der Waals surface area contributed by atoms with Crippen molar-refractivity contribution in [2.45, 2.75) is 24.4 Å². The van der Waals surface area contributed by atoms with Gasteiger partial charge in [0.15, 0.2) is 0 Å². The highest BCUT2D eigenvalue weighted by molar-refractivity contribution is 7.17. The van der Waals surface area contributed by atoms with Gasteiger partial charge in [-0.05, 0) is 28.8 Å². The highest BCUT2D eigenvalue weighted by Crippen LogP contribution is 2.37. The van der Waals surface area contributed by atoms with Crippen molar-refractivity contribution in [2.75, 3.05) is 0 Å². The molecule has 0 nitrogen and oxygen atoms in total. The Bertz CT molecular complexity index is 504. The average Bonchev–Trinajstić information content (AvgIpc) is 2.68. The van der Waals surface area contributed by atoms with Crippen LogP contribution in [0.25, 0.3) is 10.1 Å². The van der Waals surface area contributed by atoms with Gasteiger partial charge < -0.3 is 0 Å². The Balaban J connectivity index is 2.16. The Morgan fingerprint density at radius 1 is 1.24 bits per heavy atom. The summed E-state index contributed by atoms with van der Waals surface area (Å²) < 4.78 is 37.4. The Morgan fingerprint density at radius 2 is 1.94 bits per heavy atom. The third kappa shape index (κ3) is 3.13. The zero-order valence-corrected chi connectivity index (χ0v) is 10.4. The fraction of sp³-hybridized carbons (Fsp3) is 0.333. The van der Waals surface area contributed by atoms with Gasteiger partial charge in [0, 0.05) is 11.1 Å². The summed E-state index contributed by atoms with van der Waals surface area (Å²) in [6, 6.07) is 7.61. The van der Waals surface area contributed by atoms with Crippen LogP contribution in [0.2, 0.25) is 0 Å². The van der Waals surface area contributed by atoms with Gasteiger partial charge in [0.05, 0.1) is 5.38 Å². The molecule has 92 valence electrons. The minimum absolute atomic E-state index is 0.0776. The maximum atomic E-state index is 12.1. The van der Waals surface area contributed by atoms with Crippen LogP contribution in [-0.4, -0.2) is 6.18 Å². The number of alkyl halides is 4. The highest BCUT2D eigenvalue weighted by Gasteiger charge is 2.28. The summed E-state index contributed by atoms with van der Waals surface area (Å²) in [4.78, 5) is 0. The van der Waals surface area contributed by atoms with Crippen molar-refractivity contribution < 1.29 is 13.2 Å². The Hall–Kier alpha value is -0.740. The lowest BCUT2D eigenvalue weighted by atomic mass is 10.1. The number of rotatable bonds is 3. The molecule has 0 aliphatic heterocycles. The molecular formula is C12H10ClF3S. The molecule has 0 bridgehead atoms. The topological polar surface area (TPSA) is 0 Å². The minimum atomic E-state index is -4.14. The average molecular weight is 279 g/mol. The van der Waals surface area contributed by atoms with Crippen molar-refractivity contribution in [1.82, 2.24) is 0 Å². The monoisotopic (exact) mass is 278 g/mol. The SMILES string of the molecule is FC(F)(F)CCC(Cl)c1csc2ccccc12. The van der Waals surface area contributed by atoms with Gasteiger partial charge in [-0.2, -0.15) is 13.2 Å². The molecular weight excluding hydrogens is 269 g/mol. The van der Waals surface area contributed by atoms with Gasteiger partial charge in [-0.25, -0.2) is 0 Å². The van der Waals surface area contributed by atoms with Crippen molar-refractivity contribution in [3.8, 4) is 0 Å². The van der Waals surface area contributed by atoms with E-state index in [0.29, 0.717) is 0 Å². The number of hydrogen-bond donors (Lipinski definition) is 0. The van der Waals surface area contributed by atoms with Crippen LogP contribution in [0.4, 0.5) is 13.2 Å². The fourth-order valence-corrected chi connectivity index (χ4v) is 3.07. The van der Waals surface area contributed by atoms with Crippen LogP contribution >= 0.6 is 22.9 Å². The lowest BCUT2D eigenvalue weighted by Gasteiger charge is -2.10. The van der Waals surface area contributed by atoms with Crippen LogP contribution in [0.3, 0.4) is 0 Å². The molecule has 1 aromatic heterocycles. The van der Waals surface area contributed by atoms with Crippen LogP contribution in [-0.2, 0) is 0 Å². The van der Waals surface area contributed by atoms with E-state index in [9.17, 15) is 13.2 Å². The van der Waals surface area contributed by atoms with Gasteiger partial charge in [0.2, 0.25) is 0 Å². The molecule has 17 heavy (non-hydrogen) atoms. The van der Waals surface area contributed by atoms with Crippen LogP contribution < -0.4 is 0 Å². The van der Waals surface area contributed by atoms with Crippen molar-refractivity contribution in [3.05, 3.63) is 35.2 Å². The molecule has 0 fully saturated rings. The molecule has 0 saturated carbocycles. The lowest BCUT2D eigenvalue weighted by Crippen LogP contribution is -2.08. The van der Waals surface area contributed by atoms with Gasteiger partial charge in [0.1, 0.15) is 0 Å². The predicted octanol–water partition coefficient (Wildman–Crippen LogP) is 5.52. The van der Waals surface area contributed by atoms with Crippen molar-refractivity contribution in [3.63, 3.8) is 0 Å².